The van der Waals surface area contributed by atoms with Gasteiger partial charge in [0, 0.05) is 11.9 Å². The number of morpholine rings is 1. The summed E-state index contributed by atoms with van der Waals surface area (Å²) < 4.78 is 5.40. The largest absolute Gasteiger partial charge is 0.394 e. The number of aliphatic hydroxyl groups excluding tert-OH is 1. The lowest BCUT2D eigenvalue weighted by molar-refractivity contribution is -0.145. The number of hydrogen-bond donors (Lipinski definition) is 2. The maximum Gasteiger partial charge on any atom is 0.229 e. The maximum absolute atomic E-state index is 12.2. The highest BCUT2D eigenvalue weighted by Crippen LogP contribution is 2.16. The van der Waals surface area contributed by atoms with Crippen LogP contribution in [-0.2, 0) is 16.0 Å². The predicted molar refractivity (Wildman–Crippen MR) is 68.2 cm³/mol. The predicted octanol–water partition coefficient (Wildman–Crippen LogP) is -0.124. The van der Waals surface area contributed by atoms with Crippen LogP contribution in [0, 0.1) is 0 Å². The zero-order valence-electron chi connectivity index (χ0n) is 10.2. The van der Waals surface area contributed by atoms with Gasteiger partial charge in [-0.3, -0.25) is 4.79 Å². The molecule has 1 aliphatic rings. The molecule has 3 N–H and O–H groups in total. The zero-order chi connectivity index (χ0) is 13.1. The highest BCUT2D eigenvalue weighted by Gasteiger charge is 2.29. The summed E-state index contributed by atoms with van der Waals surface area (Å²) in [7, 11) is 0. The molecule has 2 rings (SSSR count). The molecule has 7 heteroatoms. The molecule has 2 heterocycles. The lowest BCUT2D eigenvalue weighted by Crippen LogP contribution is -2.52. The number of nitrogens with two attached hydrogens (primary N) is 1. The summed E-state index contributed by atoms with van der Waals surface area (Å²) in [6.45, 7) is 2.74. The number of anilines is 1. The van der Waals surface area contributed by atoms with Gasteiger partial charge in [0.25, 0.3) is 0 Å². The Morgan fingerprint density at radius 2 is 2.56 bits per heavy atom. The first-order chi connectivity index (χ1) is 8.60. The molecule has 0 saturated carbocycles. The quantitative estimate of drug-likeness (QED) is 0.800. The number of amides is 1. The summed E-state index contributed by atoms with van der Waals surface area (Å²) in [6.07, 6.45) is -0.0402. The minimum Gasteiger partial charge on any atom is -0.394 e. The third kappa shape index (κ3) is 2.98. The number of hydrogen-bond acceptors (Lipinski definition) is 6. The zero-order valence-corrected chi connectivity index (χ0v) is 11.0. The van der Waals surface area contributed by atoms with Gasteiger partial charge in [0.1, 0.15) is 0 Å². The molecule has 2 atom stereocenters. The van der Waals surface area contributed by atoms with Crippen LogP contribution in [0.25, 0.3) is 0 Å². The summed E-state index contributed by atoms with van der Waals surface area (Å²) in [5, 5.41) is 11.3. The van der Waals surface area contributed by atoms with Gasteiger partial charge >= 0.3 is 0 Å². The second-order valence-corrected chi connectivity index (χ2v) is 5.28. The second kappa shape index (κ2) is 5.64. The van der Waals surface area contributed by atoms with Gasteiger partial charge in [-0.25, -0.2) is 4.98 Å². The Balaban J connectivity index is 1.98. The molecule has 6 nitrogen and oxygen atoms in total. The molecule has 2 unspecified atom stereocenters. The Bertz CT molecular complexity index is 423. The van der Waals surface area contributed by atoms with E-state index in [0.29, 0.717) is 24.0 Å². The van der Waals surface area contributed by atoms with Crippen LogP contribution in [0.2, 0.25) is 0 Å². The van der Waals surface area contributed by atoms with E-state index in [4.69, 9.17) is 15.6 Å². The van der Waals surface area contributed by atoms with Crippen LogP contribution >= 0.6 is 11.3 Å². The SMILES string of the molecule is CC1COC(CO)CN1C(=O)Cc1csc(N)n1. The van der Waals surface area contributed by atoms with Crippen LogP contribution in [0.1, 0.15) is 12.6 Å². The summed E-state index contributed by atoms with van der Waals surface area (Å²) in [5.41, 5.74) is 6.23. The molecule has 1 amide bonds. The van der Waals surface area contributed by atoms with Gasteiger partial charge in [-0.2, -0.15) is 0 Å². The standard InChI is InChI=1S/C11H17N3O3S/c1-7-5-17-9(4-15)3-14(7)10(16)2-8-6-18-11(12)13-8/h6-7,9,15H,2-5H2,1H3,(H2,12,13). The number of aromatic nitrogens is 1. The fraction of sp³-hybridized carbons (Fsp3) is 0.636. The van der Waals surface area contributed by atoms with Gasteiger partial charge in [-0.15, -0.1) is 11.3 Å². The molecular weight excluding hydrogens is 254 g/mol. The number of thiazole rings is 1. The van der Waals surface area contributed by atoms with Crippen molar-refractivity contribution in [2.75, 3.05) is 25.5 Å². The topological polar surface area (TPSA) is 88.7 Å². The minimum absolute atomic E-state index is 0.00505. The number of rotatable bonds is 3. The molecule has 1 aromatic heterocycles. The Labute approximate surface area is 109 Å². The smallest absolute Gasteiger partial charge is 0.229 e. The number of nitrogen functional groups attached to an aromatic ring is 1. The molecule has 1 aliphatic heterocycles. The van der Waals surface area contributed by atoms with E-state index in [0.717, 1.165) is 0 Å². The van der Waals surface area contributed by atoms with Crippen LogP contribution in [0.15, 0.2) is 5.38 Å². The van der Waals surface area contributed by atoms with Crippen molar-refractivity contribution < 1.29 is 14.6 Å². The number of ether oxygens (including phenoxy) is 1. The number of aliphatic hydroxyl groups is 1. The fourth-order valence-corrected chi connectivity index (χ4v) is 2.50. The summed E-state index contributed by atoms with van der Waals surface area (Å²) >= 11 is 1.33. The second-order valence-electron chi connectivity index (χ2n) is 4.39. The van der Waals surface area contributed by atoms with Crippen molar-refractivity contribution in [3.8, 4) is 0 Å². The van der Waals surface area contributed by atoms with E-state index < -0.39 is 0 Å². The van der Waals surface area contributed by atoms with Crippen molar-refractivity contribution >= 4 is 22.4 Å². The van der Waals surface area contributed by atoms with Gasteiger partial charge in [-0.1, -0.05) is 0 Å². The molecule has 1 saturated heterocycles. The molecule has 0 bridgehead atoms. The van der Waals surface area contributed by atoms with Crippen LogP contribution in [-0.4, -0.2) is 52.8 Å². The van der Waals surface area contributed by atoms with E-state index in [1.165, 1.54) is 11.3 Å². The Hall–Kier alpha value is -1.18. The van der Waals surface area contributed by atoms with E-state index >= 15 is 0 Å². The average Bonchev–Trinajstić information content (AvgIpc) is 2.75. The van der Waals surface area contributed by atoms with E-state index in [9.17, 15) is 4.79 Å². The first-order valence-corrected chi connectivity index (χ1v) is 6.70. The monoisotopic (exact) mass is 271 g/mol. The molecule has 1 fully saturated rings. The van der Waals surface area contributed by atoms with E-state index in [-0.39, 0.29) is 31.1 Å². The highest BCUT2D eigenvalue weighted by molar-refractivity contribution is 7.13. The maximum atomic E-state index is 12.2. The van der Waals surface area contributed by atoms with Gasteiger partial charge < -0.3 is 20.5 Å². The third-order valence-corrected chi connectivity index (χ3v) is 3.65. The molecule has 0 aliphatic carbocycles. The van der Waals surface area contributed by atoms with Gasteiger partial charge in [-0.05, 0) is 6.92 Å². The number of nitrogens with zero attached hydrogens (tertiary/aromatic N) is 2. The van der Waals surface area contributed by atoms with Crippen LogP contribution in [0.5, 0.6) is 0 Å². The van der Waals surface area contributed by atoms with Crippen LogP contribution < -0.4 is 5.73 Å². The fourth-order valence-electron chi connectivity index (χ4n) is 1.94. The number of carbonyl (C=O) groups is 1. The first-order valence-electron chi connectivity index (χ1n) is 5.82. The normalized spacial score (nSPS) is 24.2. The van der Waals surface area contributed by atoms with E-state index in [1.54, 1.807) is 10.3 Å². The Morgan fingerprint density at radius 3 is 3.17 bits per heavy atom. The van der Waals surface area contributed by atoms with Crippen LogP contribution in [0.4, 0.5) is 5.13 Å². The molecule has 1 aromatic rings. The molecular formula is C11H17N3O3S. The van der Waals surface area contributed by atoms with E-state index in [2.05, 4.69) is 4.98 Å². The first kappa shape index (κ1) is 13.3. The molecule has 18 heavy (non-hydrogen) atoms. The summed E-state index contributed by atoms with van der Waals surface area (Å²) in [4.78, 5) is 18.0. The Morgan fingerprint density at radius 1 is 1.78 bits per heavy atom. The Kier molecular flexibility index (Phi) is 4.15. The molecule has 0 aromatic carbocycles. The van der Waals surface area contributed by atoms with Crippen molar-refractivity contribution in [2.45, 2.75) is 25.5 Å². The van der Waals surface area contributed by atoms with Gasteiger partial charge in [0.05, 0.1) is 37.5 Å². The van der Waals surface area contributed by atoms with Crippen molar-refractivity contribution in [3.05, 3.63) is 11.1 Å². The molecule has 0 radical (unpaired) electrons. The van der Waals surface area contributed by atoms with Crippen molar-refractivity contribution in [3.63, 3.8) is 0 Å². The molecule has 100 valence electrons. The van der Waals surface area contributed by atoms with Crippen molar-refractivity contribution in [2.24, 2.45) is 0 Å². The van der Waals surface area contributed by atoms with Gasteiger partial charge in [0.15, 0.2) is 5.13 Å². The minimum atomic E-state index is -0.286. The van der Waals surface area contributed by atoms with E-state index in [1.807, 2.05) is 6.92 Å². The van der Waals surface area contributed by atoms with Crippen molar-refractivity contribution in [1.82, 2.24) is 9.88 Å². The summed E-state index contributed by atoms with van der Waals surface area (Å²) in [6, 6.07) is 0.0243. The average molecular weight is 271 g/mol. The lowest BCUT2D eigenvalue weighted by atomic mass is 10.1. The highest BCUT2D eigenvalue weighted by atomic mass is 32.1. The lowest BCUT2D eigenvalue weighted by Gasteiger charge is -2.37. The van der Waals surface area contributed by atoms with Crippen molar-refractivity contribution in [1.29, 1.82) is 0 Å². The molecule has 0 spiro atoms. The van der Waals surface area contributed by atoms with Gasteiger partial charge in [0.2, 0.25) is 5.91 Å². The summed E-state index contributed by atoms with van der Waals surface area (Å²) in [5.74, 6) is -0.00505. The van der Waals surface area contributed by atoms with Crippen LogP contribution in [0.3, 0.4) is 0 Å². The number of carbonyl (C=O) groups excluding carboxylic acids is 1. The third-order valence-electron chi connectivity index (χ3n) is 2.93.